The Labute approximate surface area is 113 Å². The van der Waals surface area contributed by atoms with Crippen LogP contribution < -0.4 is 15.8 Å². The molecule has 0 aliphatic rings. The average molecular weight is 266 g/mol. The number of aliphatic hydroxyl groups excluding tert-OH is 1. The predicted octanol–water partition coefficient (Wildman–Crippen LogP) is 1.56. The third-order valence-electron chi connectivity index (χ3n) is 2.88. The molecule has 1 amide bonds. The average Bonchev–Trinajstić information content (AvgIpc) is 2.40. The second-order valence-corrected chi connectivity index (χ2v) is 4.25. The van der Waals surface area contributed by atoms with Crippen LogP contribution in [0.15, 0.2) is 18.2 Å². The lowest BCUT2D eigenvalue weighted by Crippen LogP contribution is -2.35. The molecule has 0 spiro atoms. The van der Waals surface area contributed by atoms with E-state index >= 15 is 0 Å². The van der Waals surface area contributed by atoms with Crippen molar-refractivity contribution < 1.29 is 14.6 Å². The molecule has 1 aromatic carbocycles. The Morgan fingerprint density at radius 1 is 1.47 bits per heavy atom. The number of carbonyl (C=O) groups excluding carboxylic acids is 1. The smallest absolute Gasteiger partial charge is 0.255 e. The first kappa shape index (κ1) is 15.3. The van der Waals surface area contributed by atoms with E-state index in [-0.39, 0.29) is 18.6 Å². The van der Waals surface area contributed by atoms with E-state index < -0.39 is 0 Å². The van der Waals surface area contributed by atoms with Crippen LogP contribution in [0.2, 0.25) is 0 Å². The summed E-state index contributed by atoms with van der Waals surface area (Å²) < 4.78 is 5.43. The minimum Gasteiger partial charge on any atom is -0.491 e. The topological polar surface area (TPSA) is 84.6 Å². The zero-order valence-corrected chi connectivity index (χ0v) is 11.5. The molecule has 0 saturated carbocycles. The van der Waals surface area contributed by atoms with Gasteiger partial charge in [0.1, 0.15) is 0 Å². The van der Waals surface area contributed by atoms with Gasteiger partial charge in [-0.1, -0.05) is 13.0 Å². The number of aliphatic hydroxyl groups is 1. The molecule has 5 heteroatoms. The number of anilines is 1. The summed E-state index contributed by atoms with van der Waals surface area (Å²) in [5, 5.41) is 11.8. The molecule has 4 N–H and O–H groups in total. The van der Waals surface area contributed by atoms with Crippen molar-refractivity contribution in [1.82, 2.24) is 5.32 Å². The molecule has 0 heterocycles. The van der Waals surface area contributed by atoms with Gasteiger partial charge in [0.25, 0.3) is 5.91 Å². The normalized spacial score (nSPS) is 11.9. The fraction of sp³-hybridized carbons (Fsp3) is 0.500. The number of rotatable bonds is 7. The van der Waals surface area contributed by atoms with Crippen molar-refractivity contribution in [3.8, 4) is 5.75 Å². The molecule has 5 nitrogen and oxygen atoms in total. The van der Waals surface area contributed by atoms with Crippen LogP contribution in [-0.4, -0.2) is 30.3 Å². The Morgan fingerprint density at radius 3 is 2.79 bits per heavy atom. The molecular formula is C14H22N2O3. The number of benzene rings is 1. The molecule has 0 aliphatic heterocycles. The fourth-order valence-electron chi connectivity index (χ4n) is 1.84. The van der Waals surface area contributed by atoms with Crippen LogP contribution in [-0.2, 0) is 0 Å². The van der Waals surface area contributed by atoms with Gasteiger partial charge in [-0.15, -0.1) is 0 Å². The van der Waals surface area contributed by atoms with Gasteiger partial charge in [-0.05, 0) is 31.9 Å². The molecule has 0 aliphatic carbocycles. The second kappa shape index (κ2) is 7.63. The molecule has 1 rings (SSSR count). The quantitative estimate of drug-likeness (QED) is 0.654. The van der Waals surface area contributed by atoms with E-state index in [0.29, 0.717) is 30.0 Å². The van der Waals surface area contributed by atoms with Gasteiger partial charge in [-0.3, -0.25) is 4.79 Å². The number of nitrogens with two attached hydrogens (primary N) is 1. The molecule has 0 saturated heterocycles. The SMILES string of the molecule is CCOc1c(N)cccc1C(=O)NC(CC)CCO. The number of para-hydroxylation sites is 1. The highest BCUT2D eigenvalue weighted by Crippen LogP contribution is 2.26. The first-order valence-corrected chi connectivity index (χ1v) is 6.57. The largest absolute Gasteiger partial charge is 0.491 e. The van der Waals surface area contributed by atoms with Gasteiger partial charge in [-0.25, -0.2) is 0 Å². The first-order valence-electron chi connectivity index (χ1n) is 6.57. The highest BCUT2D eigenvalue weighted by atomic mass is 16.5. The minimum absolute atomic E-state index is 0.0478. The fourth-order valence-corrected chi connectivity index (χ4v) is 1.84. The lowest BCUT2D eigenvalue weighted by atomic mass is 10.1. The van der Waals surface area contributed by atoms with Crippen molar-refractivity contribution in [1.29, 1.82) is 0 Å². The van der Waals surface area contributed by atoms with Crippen molar-refractivity contribution in [2.24, 2.45) is 0 Å². The summed E-state index contributed by atoms with van der Waals surface area (Å²) >= 11 is 0. The number of hydrogen-bond donors (Lipinski definition) is 3. The maximum Gasteiger partial charge on any atom is 0.255 e. The molecule has 0 bridgehead atoms. The number of ether oxygens (including phenoxy) is 1. The molecule has 0 radical (unpaired) electrons. The Hall–Kier alpha value is -1.75. The van der Waals surface area contributed by atoms with Gasteiger partial charge in [-0.2, -0.15) is 0 Å². The summed E-state index contributed by atoms with van der Waals surface area (Å²) in [7, 11) is 0. The summed E-state index contributed by atoms with van der Waals surface area (Å²) in [6.45, 7) is 4.30. The monoisotopic (exact) mass is 266 g/mol. The lowest BCUT2D eigenvalue weighted by molar-refractivity contribution is 0.0925. The van der Waals surface area contributed by atoms with E-state index in [1.807, 2.05) is 13.8 Å². The van der Waals surface area contributed by atoms with Crippen LogP contribution in [0.25, 0.3) is 0 Å². The number of hydrogen-bond acceptors (Lipinski definition) is 4. The van der Waals surface area contributed by atoms with E-state index in [2.05, 4.69) is 5.32 Å². The Kier molecular flexibility index (Phi) is 6.15. The predicted molar refractivity (Wildman–Crippen MR) is 75.3 cm³/mol. The second-order valence-electron chi connectivity index (χ2n) is 4.25. The van der Waals surface area contributed by atoms with Crippen LogP contribution in [0.3, 0.4) is 0 Å². The van der Waals surface area contributed by atoms with Crippen LogP contribution in [0, 0.1) is 0 Å². The summed E-state index contributed by atoms with van der Waals surface area (Å²) in [6.07, 6.45) is 1.30. The van der Waals surface area contributed by atoms with Crippen molar-refractivity contribution in [3.63, 3.8) is 0 Å². The number of nitrogen functional groups attached to an aromatic ring is 1. The standard InChI is InChI=1S/C14H22N2O3/c1-3-10(8-9-17)16-14(18)11-6-5-7-12(15)13(11)19-4-2/h5-7,10,17H,3-4,8-9,15H2,1-2H3,(H,16,18). The third-order valence-corrected chi connectivity index (χ3v) is 2.88. The van der Waals surface area contributed by atoms with Gasteiger partial charge in [0.05, 0.1) is 17.9 Å². The summed E-state index contributed by atoms with van der Waals surface area (Å²) in [6, 6.07) is 5.06. The third kappa shape index (κ3) is 4.13. The van der Waals surface area contributed by atoms with Gasteiger partial charge in [0.15, 0.2) is 5.75 Å². The van der Waals surface area contributed by atoms with Crippen LogP contribution in [0.4, 0.5) is 5.69 Å². The maximum absolute atomic E-state index is 12.2. The Bertz CT molecular complexity index is 421. The maximum atomic E-state index is 12.2. The summed E-state index contributed by atoms with van der Waals surface area (Å²) in [5.74, 6) is 0.192. The van der Waals surface area contributed by atoms with Crippen LogP contribution in [0.5, 0.6) is 5.75 Å². The molecule has 1 atom stereocenters. The van der Waals surface area contributed by atoms with E-state index in [9.17, 15) is 4.79 Å². The van der Waals surface area contributed by atoms with Crippen molar-refractivity contribution >= 4 is 11.6 Å². The zero-order chi connectivity index (χ0) is 14.3. The first-order chi connectivity index (χ1) is 9.13. The molecular weight excluding hydrogens is 244 g/mol. The highest BCUT2D eigenvalue weighted by Gasteiger charge is 2.17. The molecule has 19 heavy (non-hydrogen) atoms. The van der Waals surface area contributed by atoms with Gasteiger partial charge in [0.2, 0.25) is 0 Å². The molecule has 106 valence electrons. The summed E-state index contributed by atoms with van der Waals surface area (Å²) in [5.41, 5.74) is 6.70. The molecule has 0 aromatic heterocycles. The van der Waals surface area contributed by atoms with Crippen molar-refractivity contribution in [3.05, 3.63) is 23.8 Å². The summed E-state index contributed by atoms with van der Waals surface area (Å²) in [4.78, 5) is 12.2. The molecule has 0 fully saturated rings. The minimum atomic E-state index is -0.226. The van der Waals surface area contributed by atoms with Gasteiger partial charge in [0, 0.05) is 12.6 Å². The molecule has 1 unspecified atom stereocenters. The number of nitrogens with one attached hydrogen (secondary N) is 1. The van der Waals surface area contributed by atoms with Gasteiger partial charge < -0.3 is 20.9 Å². The van der Waals surface area contributed by atoms with Crippen LogP contribution in [0.1, 0.15) is 37.0 Å². The Balaban J connectivity index is 2.89. The number of amides is 1. The van der Waals surface area contributed by atoms with Gasteiger partial charge >= 0.3 is 0 Å². The zero-order valence-electron chi connectivity index (χ0n) is 11.5. The van der Waals surface area contributed by atoms with Crippen molar-refractivity contribution in [2.75, 3.05) is 18.9 Å². The lowest BCUT2D eigenvalue weighted by Gasteiger charge is -2.18. The Morgan fingerprint density at radius 2 is 2.21 bits per heavy atom. The number of carbonyl (C=O) groups is 1. The van der Waals surface area contributed by atoms with E-state index in [4.69, 9.17) is 15.6 Å². The van der Waals surface area contributed by atoms with E-state index in [1.165, 1.54) is 0 Å². The van der Waals surface area contributed by atoms with Crippen molar-refractivity contribution in [2.45, 2.75) is 32.7 Å². The van der Waals surface area contributed by atoms with E-state index in [0.717, 1.165) is 6.42 Å². The van der Waals surface area contributed by atoms with E-state index in [1.54, 1.807) is 18.2 Å². The molecule has 1 aromatic rings. The highest BCUT2D eigenvalue weighted by molar-refractivity contribution is 5.98. The van der Waals surface area contributed by atoms with Crippen LogP contribution >= 0.6 is 0 Å².